The largest absolute Gasteiger partial charge is 0.320 e. The molecule has 0 aliphatic heterocycles. The van der Waals surface area contributed by atoms with Gasteiger partial charge in [-0.1, -0.05) is 11.6 Å². The van der Waals surface area contributed by atoms with Crippen LogP contribution in [0.3, 0.4) is 0 Å². The Labute approximate surface area is 124 Å². The second-order valence-electron chi connectivity index (χ2n) is 4.52. The van der Waals surface area contributed by atoms with Crippen LogP contribution in [0.1, 0.15) is 16.1 Å². The number of carbonyl (C=O) groups excluding carboxylic acids is 1. The highest BCUT2D eigenvalue weighted by Crippen LogP contribution is 2.19. The van der Waals surface area contributed by atoms with E-state index in [0.717, 1.165) is 17.1 Å². The summed E-state index contributed by atoms with van der Waals surface area (Å²) in [4.78, 5) is 16.2. The fraction of sp³-hybridized carbons (Fsp3) is 0.0714. The smallest absolute Gasteiger partial charge is 0.258 e. The Morgan fingerprint density at radius 1 is 1.38 bits per heavy atom. The van der Waals surface area contributed by atoms with Gasteiger partial charge < -0.3 is 5.32 Å². The van der Waals surface area contributed by atoms with Crippen molar-refractivity contribution in [2.45, 2.75) is 6.92 Å². The molecule has 3 rings (SSSR count). The number of anilines is 1. The lowest BCUT2D eigenvalue weighted by Crippen LogP contribution is -2.13. The number of aryl methyl sites for hydroxylation is 1. The van der Waals surface area contributed by atoms with Crippen LogP contribution in [0.25, 0.3) is 11.0 Å². The van der Waals surface area contributed by atoms with Gasteiger partial charge in [0.25, 0.3) is 5.91 Å². The average molecular weight is 305 g/mol. The minimum atomic E-state index is -0.673. The van der Waals surface area contributed by atoms with Crippen LogP contribution in [0.5, 0.6) is 0 Å². The van der Waals surface area contributed by atoms with E-state index in [0.29, 0.717) is 11.3 Å². The molecule has 1 amide bonds. The zero-order valence-corrected chi connectivity index (χ0v) is 11.7. The molecule has 106 valence electrons. The summed E-state index contributed by atoms with van der Waals surface area (Å²) in [7, 11) is 0. The Kier molecular flexibility index (Phi) is 3.31. The van der Waals surface area contributed by atoms with Crippen molar-refractivity contribution >= 4 is 34.2 Å². The van der Waals surface area contributed by atoms with Crippen LogP contribution in [-0.4, -0.2) is 21.1 Å². The minimum Gasteiger partial charge on any atom is -0.320 e. The zero-order valence-electron chi connectivity index (χ0n) is 10.9. The lowest BCUT2D eigenvalue weighted by Gasteiger charge is -2.06. The van der Waals surface area contributed by atoms with E-state index < -0.39 is 11.7 Å². The number of aromatic nitrogens is 3. The highest BCUT2D eigenvalue weighted by atomic mass is 35.5. The molecule has 2 N–H and O–H groups in total. The van der Waals surface area contributed by atoms with Crippen LogP contribution in [0, 0.1) is 12.7 Å². The molecule has 0 saturated heterocycles. The molecule has 0 unspecified atom stereocenters. The summed E-state index contributed by atoms with van der Waals surface area (Å²) in [6.07, 6.45) is 1.47. The van der Waals surface area contributed by atoms with Gasteiger partial charge in [-0.3, -0.25) is 9.89 Å². The molecule has 21 heavy (non-hydrogen) atoms. The van der Waals surface area contributed by atoms with Gasteiger partial charge >= 0.3 is 0 Å². The minimum absolute atomic E-state index is 0.0802. The van der Waals surface area contributed by atoms with Gasteiger partial charge in [0, 0.05) is 16.1 Å². The number of hydrogen-bond acceptors (Lipinski definition) is 3. The number of halogens is 2. The van der Waals surface area contributed by atoms with Crippen molar-refractivity contribution in [1.82, 2.24) is 15.2 Å². The average Bonchev–Trinajstić information content (AvgIpc) is 2.80. The van der Waals surface area contributed by atoms with E-state index in [2.05, 4.69) is 20.5 Å². The number of H-pyrrole nitrogens is 1. The van der Waals surface area contributed by atoms with Crippen LogP contribution in [-0.2, 0) is 0 Å². The Hall–Kier alpha value is -2.47. The highest BCUT2D eigenvalue weighted by Gasteiger charge is 2.13. The number of fused-ring (bicyclic) bond motifs is 1. The third kappa shape index (κ3) is 2.57. The van der Waals surface area contributed by atoms with Crippen LogP contribution < -0.4 is 5.32 Å². The lowest BCUT2D eigenvalue weighted by atomic mass is 10.2. The van der Waals surface area contributed by atoms with E-state index in [9.17, 15) is 9.18 Å². The second-order valence-corrected chi connectivity index (χ2v) is 4.96. The molecule has 0 atom stereocenters. The summed E-state index contributed by atoms with van der Waals surface area (Å²) < 4.78 is 13.7. The summed E-state index contributed by atoms with van der Waals surface area (Å²) in [6.45, 7) is 1.85. The molecule has 0 spiro atoms. The van der Waals surface area contributed by atoms with E-state index in [1.807, 2.05) is 6.92 Å². The Bertz CT molecular complexity index is 846. The number of pyridine rings is 1. The van der Waals surface area contributed by atoms with Gasteiger partial charge in [0.05, 0.1) is 17.4 Å². The van der Waals surface area contributed by atoms with Gasteiger partial charge in [0.1, 0.15) is 5.82 Å². The maximum absolute atomic E-state index is 13.7. The third-order valence-electron chi connectivity index (χ3n) is 3.03. The fourth-order valence-electron chi connectivity index (χ4n) is 1.96. The van der Waals surface area contributed by atoms with E-state index in [1.165, 1.54) is 18.3 Å². The van der Waals surface area contributed by atoms with Crippen molar-refractivity contribution in [2.75, 3.05) is 5.32 Å². The number of hydrogen-bond donors (Lipinski definition) is 2. The molecule has 0 fully saturated rings. The topological polar surface area (TPSA) is 70.7 Å². The predicted octanol–water partition coefficient (Wildman–Crippen LogP) is 3.31. The quantitative estimate of drug-likeness (QED) is 0.763. The molecule has 7 heteroatoms. The SMILES string of the molecule is Cc1[nH]nc2ncc(NC(=O)c3ccc(Cl)cc3F)cc12. The molecular formula is C14H10ClFN4O. The number of aromatic amines is 1. The highest BCUT2D eigenvalue weighted by molar-refractivity contribution is 6.30. The first-order valence-electron chi connectivity index (χ1n) is 6.12. The zero-order chi connectivity index (χ0) is 15.0. The molecule has 0 bridgehead atoms. The molecule has 2 aromatic heterocycles. The van der Waals surface area contributed by atoms with Gasteiger partial charge in [0.2, 0.25) is 0 Å². The van der Waals surface area contributed by atoms with Crippen molar-refractivity contribution in [2.24, 2.45) is 0 Å². The van der Waals surface area contributed by atoms with Gasteiger partial charge in [-0.2, -0.15) is 5.10 Å². The number of nitrogens with one attached hydrogen (secondary N) is 2. The van der Waals surface area contributed by atoms with Gasteiger partial charge in [-0.25, -0.2) is 9.37 Å². The maximum Gasteiger partial charge on any atom is 0.258 e. The first-order chi connectivity index (χ1) is 10.0. The second kappa shape index (κ2) is 5.14. The standard InChI is InChI=1S/C14H10ClFN4O/c1-7-11-5-9(6-17-13(11)20-19-7)18-14(21)10-3-2-8(15)4-12(10)16/h2-6H,1H3,(H,18,21)(H,17,19,20). The summed E-state index contributed by atoms with van der Waals surface area (Å²) in [5.74, 6) is -1.24. The van der Waals surface area contributed by atoms with Gasteiger partial charge in [-0.15, -0.1) is 0 Å². The number of rotatable bonds is 2. The summed E-state index contributed by atoms with van der Waals surface area (Å²) >= 11 is 5.66. The van der Waals surface area contributed by atoms with Crippen molar-refractivity contribution in [3.63, 3.8) is 0 Å². The Balaban J connectivity index is 1.90. The molecule has 5 nitrogen and oxygen atoms in total. The normalized spacial score (nSPS) is 10.8. The molecular weight excluding hydrogens is 295 g/mol. The monoisotopic (exact) mass is 304 g/mol. The molecule has 0 aliphatic rings. The summed E-state index contributed by atoms with van der Waals surface area (Å²) in [5.41, 5.74) is 1.78. The molecule has 0 aliphatic carbocycles. The first-order valence-corrected chi connectivity index (χ1v) is 6.49. The fourth-order valence-corrected chi connectivity index (χ4v) is 2.12. The van der Waals surface area contributed by atoms with E-state index in [1.54, 1.807) is 6.07 Å². The van der Waals surface area contributed by atoms with E-state index in [-0.39, 0.29) is 10.6 Å². The van der Waals surface area contributed by atoms with Crippen LogP contribution in [0.4, 0.5) is 10.1 Å². The number of carbonyl (C=O) groups is 1. The van der Waals surface area contributed by atoms with Crippen LogP contribution in [0.2, 0.25) is 5.02 Å². The number of benzene rings is 1. The third-order valence-corrected chi connectivity index (χ3v) is 3.27. The molecule has 0 saturated carbocycles. The first kappa shape index (κ1) is 13.5. The molecule has 0 radical (unpaired) electrons. The maximum atomic E-state index is 13.7. The van der Waals surface area contributed by atoms with Crippen molar-refractivity contribution in [3.05, 3.63) is 52.6 Å². The van der Waals surface area contributed by atoms with Crippen LogP contribution >= 0.6 is 11.6 Å². The number of amides is 1. The lowest BCUT2D eigenvalue weighted by molar-refractivity contribution is 0.102. The number of nitrogens with zero attached hydrogens (tertiary/aromatic N) is 2. The van der Waals surface area contributed by atoms with Gasteiger partial charge in [0.15, 0.2) is 5.65 Å². The molecule has 2 heterocycles. The summed E-state index contributed by atoms with van der Waals surface area (Å²) in [5, 5.41) is 10.4. The van der Waals surface area contributed by atoms with Crippen molar-refractivity contribution in [3.8, 4) is 0 Å². The molecule has 1 aromatic carbocycles. The van der Waals surface area contributed by atoms with Crippen LogP contribution in [0.15, 0.2) is 30.5 Å². The van der Waals surface area contributed by atoms with Gasteiger partial charge in [-0.05, 0) is 31.2 Å². The predicted molar refractivity (Wildman–Crippen MR) is 78.0 cm³/mol. The Morgan fingerprint density at radius 3 is 2.95 bits per heavy atom. The van der Waals surface area contributed by atoms with Crippen molar-refractivity contribution < 1.29 is 9.18 Å². The Morgan fingerprint density at radius 2 is 2.19 bits per heavy atom. The van der Waals surface area contributed by atoms with E-state index >= 15 is 0 Å². The molecule has 3 aromatic rings. The van der Waals surface area contributed by atoms with E-state index in [4.69, 9.17) is 11.6 Å². The summed E-state index contributed by atoms with van der Waals surface area (Å²) in [6, 6.07) is 5.62. The van der Waals surface area contributed by atoms with Crippen molar-refractivity contribution in [1.29, 1.82) is 0 Å².